The second-order valence-electron chi connectivity index (χ2n) is 4.58. The summed E-state index contributed by atoms with van der Waals surface area (Å²) in [5.41, 5.74) is 0.789. The van der Waals surface area contributed by atoms with E-state index in [9.17, 15) is 4.79 Å². The van der Waals surface area contributed by atoms with Crippen molar-refractivity contribution in [2.24, 2.45) is 5.41 Å². The molecule has 0 bridgehead atoms. The van der Waals surface area contributed by atoms with Gasteiger partial charge >= 0.3 is 5.97 Å². The van der Waals surface area contributed by atoms with Crippen LogP contribution >= 0.6 is 11.8 Å². The third-order valence-electron chi connectivity index (χ3n) is 3.27. The van der Waals surface area contributed by atoms with Crippen molar-refractivity contribution >= 4 is 23.4 Å². The Morgan fingerprint density at radius 1 is 1.39 bits per heavy atom. The first-order valence-electron chi connectivity index (χ1n) is 6.25. The summed E-state index contributed by atoms with van der Waals surface area (Å²) < 4.78 is 4.83. The smallest absolute Gasteiger partial charge is 0.313 e. The third-order valence-corrected chi connectivity index (χ3v) is 4.16. The summed E-state index contributed by atoms with van der Waals surface area (Å²) >= 11 is 1.83. The summed E-state index contributed by atoms with van der Waals surface area (Å²) in [6.45, 7) is 2.81. The monoisotopic (exact) mass is 265 g/mol. The van der Waals surface area contributed by atoms with Crippen LogP contribution in [0.4, 0.5) is 5.69 Å². The molecule has 0 aliphatic heterocycles. The second-order valence-corrected chi connectivity index (χ2v) is 5.92. The van der Waals surface area contributed by atoms with E-state index in [4.69, 9.17) is 4.74 Å². The molecule has 0 atom stereocenters. The summed E-state index contributed by atoms with van der Waals surface area (Å²) in [6.07, 6.45) is 1.85. The lowest BCUT2D eigenvalue weighted by Gasteiger charge is -2.14. The predicted molar refractivity (Wildman–Crippen MR) is 75.0 cm³/mol. The molecule has 0 aromatic heterocycles. The van der Waals surface area contributed by atoms with Crippen molar-refractivity contribution in [2.75, 3.05) is 24.7 Å². The zero-order chi connectivity index (χ0) is 13.0. The molecule has 0 heterocycles. The van der Waals surface area contributed by atoms with Crippen LogP contribution < -0.4 is 5.32 Å². The molecule has 98 valence electrons. The number of ether oxygens (including phenoxy) is 1. The number of hydrogen-bond donors (Lipinski definition) is 1. The summed E-state index contributed by atoms with van der Waals surface area (Å²) in [5, 5.41) is 3.32. The molecule has 1 saturated carbocycles. The van der Waals surface area contributed by atoms with E-state index >= 15 is 0 Å². The Bertz CT molecular complexity index is 412. The lowest BCUT2D eigenvalue weighted by atomic mass is 10.1. The van der Waals surface area contributed by atoms with E-state index in [1.54, 1.807) is 0 Å². The highest BCUT2D eigenvalue weighted by molar-refractivity contribution is 7.99. The van der Waals surface area contributed by atoms with Gasteiger partial charge in [0.25, 0.3) is 0 Å². The van der Waals surface area contributed by atoms with Crippen molar-refractivity contribution in [3.63, 3.8) is 0 Å². The van der Waals surface area contributed by atoms with E-state index in [0.717, 1.165) is 24.3 Å². The maximum atomic E-state index is 11.6. The number of benzene rings is 1. The maximum absolute atomic E-state index is 11.6. The number of carbonyl (C=O) groups excluding carboxylic acids is 1. The molecule has 0 spiro atoms. The topological polar surface area (TPSA) is 38.3 Å². The van der Waals surface area contributed by atoms with Gasteiger partial charge in [-0.25, -0.2) is 0 Å². The van der Waals surface area contributed by atoms with Crippen LogP contribution in [0.1, 0.15) is 19.8 Å². The van der Waals surface area contributed by atoms with Crippen molar-refractivity contribution in [3.05, 3.63) is 24.3 Å². The number of rotatable bonds is 6. The minimum atomic E-state index is -0.272. The summed E-state index contributed by atoms with van der Waals surface area (Å²) in [7, 11) is 1.46. The molecule has 0 amide bonds. The molecule has 1 aromatic rings. The van der Waals surface area contributed by atoms with Gasteiger partial charge in [-0.2, -0.15) is 0 Å². The molecule has 1 aromatic carbocycles. The normalized spacial score (nSPS) is 16.1. The number of nitrogens with one attached hydrogen (secondary N) is 1. The van der Waals surface area contributed by atoms with Gasteiger partial charge in [0.2, 0.25) is 0 Å². The van der Waals surface area contributed by atoms with Gasteiger partial charge < -0.3 is 10.1 Å². The zero-order valence-electron chi connectivity index (χ0n) is 10.9. The van der Waals surface area contributed by atoms with Crippen LogP contribution in [0.25, 0.3) is 0 Å². The van der Waals surface area contributed by atoms with Gasteiger partial charge in [-0.15, -0.1) is 11.8 Å². The van der Waals surface area contributed by atoms with Crippen molar-refractivity contribution in [3.8, 4) is 0 Å². The number of carbonyl (C=O) groups is 1. The van der Waals surface area contributed by atoms with E-state index < -0.39 is 0 Å². The molecule has 18 heavy (non-hydrogen) atoms. The first-order chi connectivity index (χ1) is 8.70. The van der Waals surface area contributed by atoms with Gasteiger partial charge in [0.1, 0.15) is 0 Å². The molecule has 0 unspecified atom stereocenters. The maximum Gasteiger partial charge on any atom is 0.313 e. The third kappa shape index (κ3) is 2.99. The molecule has 0 saturated heterocycles. The second kappa shape index (κ2) is 5.65. The summed E-state index contributed by atoms with van der Waals surface area (Å²) in [6, 6.07) is 8.33. The largest absolute Gasteiger partial charge is 0.469 e. The summed E-state index contributed by atoms with van der Waals surface area (Å²) in [4.78, 5) is 12.9. The Morgan fingerprint density at radius 2 is 2.06 bits per heavy atom. The average Bonchev–Trinajstić information content (AvgIpc) is 3.19. The Balaban J connectivity index is 1.89. The fraction of sp³-hybridized carbons (Fsp3) is 0.500. The van der Waals surface area contributed by atoms with E-state index in [1.807, 2.05) is 11.8 Å². The van der Waals surface area contributed by atoms with E-state index in [0.29, 0.717) is 6.54 Å². The Hall–Kier alpha value is -1.16. The molecule has 0 radical (unpaired) electrons. The van der Waals surface area contributed by atoms with E-state index in [1.165, 1.54) is 12.0 Å². The molecular formula is C14H19NO2S. The minimum Gasteiger partial charge on any atom is -0.469 e. The highest BCUT2D eigenvalue weighted by Crippen LogP contribution is 2.46. The Kier molecular flexibility index (Phi) is 4.17. The molecular weight excluding hydrogens is 246 g/mol. The average molecular weight is 265 g/mol. The number of methoxy groups -OCH3 is 1. The van der Waals surface area contributed by atoms with Gasteiger partial charge in [-0.05, 0) is 42.9 Å². The predicted octanol–water partition coefficient (Wildman–Crippen LogP) is 3.16. The van der Waals surface area contributed by atoms with Crippen LogP contribution in [0.3, 0.4) is 0 Å². The SMILES string of the molecule is CCSc1ccc(NCC2(C(=O)OC)CC2)cc1. The van der Waals surface area contributed by atoms with Crippen LogP contribution in [0.2, 0.25) is 0 Å². The molecule has 1 aliphatic carbocycles. The number of anilines is 1. The van der Waals surface area contributed by atoms with Crippen LogP contribution in [0.15, 0.2) is 29.2 Å². The van der Waals surface area contributed by atoms with E-state index in [2.05, 4.69) is 36.5 Å². The van der Waals surface area contributed by atoms with Crippen LogP contribution in [0, 0.1) is 5.41 Å². The number of thioether (sulfide) groups is 1. The van der Waals surface area contributed by atoms with Gasteiger partial charge in [0.15, 0.2) is 0 Å². The van der Waals surface area contributed by atoms with Crippen LogP contribution in [-0.4, -0.2) is 25.4 Å². The molecule has 1 aliphatic rings. The number of esters is 1. The summed E-state index contributed by atoms with van der Waals surface area (Å²) in [5.74, 6) is 0.992. The molecule has 2 rings (SSSR count). The van der Waals surface area contributed by atoms with Crippen molar-refractivity contribution < 1.29 is 9.53 Å². The van der Waals surface area contributed by atoms with Crippen LogP contribution in [-0.2, 0) is 9.53 Å². The molecule has 1 fully saturated rings. The van der Waals surface area contributed by atoms with Gasteiger partial charge in [-0.3, -0.25) is 4.79 Å². The van der Waals surface area contributed by atoms with Crippen molar-refractivity contribution in [1.29, 1.82) is 0 Å². The lowest BCUT2D eigenvalue weighted by molar-refractivity contribution is -0.146. The van der Waals surface area contributed by atoms with E-state index in [-0.39, 0.29) is 11.4 Å². The van der Waals surface area contributed by atoms with Crippen molar-refractivity contribution in [2.45, 2.75) is 24.7 Å². The molecule has 3 nitrogen and oxygen atoms in total. The Morgan fingerprint density at radius 3 is 2.56 bits per heavy atom. The van der Waals surface area contributed by atoms with Gasteiger partial charge in [-0.1, -0.05) is 6.92 Å². The van der Waals surface area contributed by atoms with Gasteiger partial charge in [0, 0.05) is 17.1 Å². The van der Waals surface area contributed by atoms with Crippen molar-refractivity contribution in [1.82, 2.24) is 0 Å². The quantitative estimate of drug-likeness (QED) is 0.633. The molecule has 1 N–H and O–H groups in total. The molecule has 4 heteroatoms. The fourth-order valence-electron chi connectivity index (χ4n) is 1.93. The fourth-order valence-corrected chi connectivity index (χ4v) is 2.59. The Labute approximate surface area is 112 Å². The first-order valence-corrected chi connectivity index (χ1v) is 7.24. The first kappa shape index (κ1) is 13.3. The minimum absolute atomic E-state index is 0.0897. The standard InChI is InChI=1S/C14H19NO2S/c1-3-18-12-6-4-11(5-7-12)15-10-14(8-9-14)13(16)17-2/h4-7,15H,3,8-10H2,1-2H3. The van der Waals surface area contributed by atoms with Crippen LogP contribution in [0.5, 0.6) is 0 Å². The highest BCUT2D eigenvalue weighted by atomic mass is 32.2. The lowest BCUT2D eigenvalue weighted by Crippen LogP contribution is -2.25. The number of hydrogen-bond acceptors (Lipinski definition) is 4. The van der Waals surface area contributed by atoms with Gasteiger partial charge in [0.05, 0.1) is 12.5 Å². The highest BCUT2D eigenvalue weighted by Gasteiger charge is 2.50. The zero-order valence-corrected chi connectivity index (χ0v) is 11.7.